The summed E-state index contributed by atoms with van der Waals surface area (Å²) >= 11 is 0. The highest BCUT2D eigenvalue weighted by atomic mass is 32.2. The summed E-state index contributed by atoms with van der Waals surface area (Å²) in [5.41, 5.74) is -0.308. The zero-order valence-corrected chi connectivity index (χ0v) is 19.6. The van der Waals surface area contributed by atoms with Crippen molar-refractivity contribution in [2.24, 2.45) is 11.8 Å². The number of sulfone groups is 1. The van der Waals surface area contributed by atoms with Crippen molar-refractivity contribution in [1.82, 2.24) is 10.6 Å². The molecule has 4 rings (SSSR count). The summed E-state index contributed by atoms with van der Waals surface area (Å²) in [6.07, 6.45) is 2.56. The van der Waals surface area contributed by atoms with Gasteiger partial charge in [0.05, 0.1) is 21.4 Å². The normalized spacial score (nSPS) is 22.0. The molecule has 2 aromatic rings. The molecule has 1 heterocycles. The Morgan fingerprint density at radius 3 is 2.35 bits per heavy atom. The van der Waals surface area contributed by atoms with Crippen LogP contribution in [0.25, 0.3) is 0 Å². The van der Waals surface area contributed by atoms with Crippen molar-refractivity contribution >= 4 is 15.7 Å². The molecular formula is C25H29F3N2O3S. The van der Waals surface area contributed by atoms with Gasteiger partial charge in [-0.2, -0.15) is 13.2 Å². The van der Waals surface area contributed by atoms with Crippen molar-refractivity contribution in [2.45, 2.75) is 67.1 Å². The fourth-order valence-electron chi connectivity index (χ4n) is 5.00. The molecular weight excluding hydrogens is 465 g/mol. The Balaban J connectivity index is 1.34. The molecule has 0 bridgehead atoms. The zero-order valence-electron chi connectivity index (χ0n) is 18.8. The highest BCUT2D eigenvalue weighted by Gasteiger charge is 2.34. The van der Waals surface area contributed by atoms with Gasteiger partial charge in [-0.3, -0.25) is 4.79 Å². The lowest BCUT2D eigenvalue weighted by Crippen LogP contribution is -2.39. The van der Waals surface area contributed by atoms with Crippen molar-refractivity contribution in [3.8, 4) is 0 Å². The fraction of sp³-hybridized carbons (Fsp3) is 0.480. The summed E-state index contributed by atoms with van der Waals surface area (Å²) in [6, 6.07) is 9.31. The third kappa shape index (κ3) is 5.63. The van der Waals surface area contributed by atoms with E-state index in [-0.39, 0.29) is 23.4 Å². The minimum absolute atomic E-state index is 0.0704. The standard InChI is InChI=1S/C25H29F3N2O3S/c26-25(27,28)20-7-4-8-22(14-20)34(32,33)21-11-9-17(10-12-21)15-30-24(31)23-13-19(16-29-23)18-5-2-1-3-6-18/h4,7-12,14,18-19,23,29H,1-3,5-6,13,15-16H2,(H,30,31). The lowest BCUT2D eigenvalue weighted by molar-refractivity contribution is -0.137. The van der Waals surface area contributed by atoms with Gasteiger partial charge >= 0.3 is 6.18 Å². The van der Waals surface area contributed by atoms with Gasteiger partial charge in [-0.1, -0.05) is 50.3 Å². The van der Waals surface area contributed by atoms with Crippen LogP contribution in [0, 0.1) is 11.8 Å². The van der Waals surface area contributed by atoms with Gasteiger partial charge < -0.3 is 10.6 Å². The highest BCUT2D eigenvalue weighted by molar-refractivity contribution is 7.91. The first kappa shape index (κ1) is 24.7. The first-order chi connectivity index (χ1) is 16.1. The number of carbonyl (C=O) groups excluding carboxylic acids is 1. The summed E-state index contributed by atoms with van der Waals surface area (Å²) in [4.78, 5) is 12.1. The monoisotopic (exact) mass is 494 g/mol. The molecule has 1 aliphatic heterocycles. The SMILES string of the molecule is O=C(NCc1ccc(S(=O)(=O)c2cccc(C(F)(F)F)c2)cc1)C1CC(C2CCCCC2)CN1. The average Bonchev–Trinajstić information content (AvgIpc) is 3.33. The van der Waals surface area contributed by atoms with Gasteiger partial charge in [0, 0.05) is 6.54 Å². The first-order valence-electron chi connectivity index (χ1n) is 11.7. The number of amides is 1. The lowest BCUT2D eigenvalue weighted by Gasteiger charge is -2.26. The van der Waals surface area contributed by atoms with Crippen LogP contribution in [0.5, 0.6) is 0 Å². The molecule has 2 atom stereocenters. The van der Waals surface area contributed by atoms with Crippen LogP contribution < -0.4 is 10.6 Å². The average molecular weight is 495 g/mol. The number of halogens is 3. The van der Waals surface area contributed by atoms with E-state index in [0.29, 0.717) is 23.5 Å². The van der Waals surface area contributed by atoms with Gasteiger partial charge in [0.2, 0.25) is 15.7 Å². The molecule has 184 valence electrons. The molecule has 2 N–H and O–H groups in total. The van der Waals surface area contributed by atoms with E-state index in [2.05, 4.69) is 10.6 Å². The number of alkyl halides is 3. The maximum Gasteiger partial charge on any atom is 0.416 e. The van der Waals surface area contributed by atoms with Crippen LogP contribution in [-0.2, 0) is 27.4 Å². The van der Waals surface area contributed by atoms with Gasteiger partial charge in [0.15, 0.2) is 0 Å². The molecule has 1 saturated carbocycles. The molecule has 2 aromatic carbocycles. The van der Waals surface area contributed by atoms with Crippen LogP contribution in [-0.4, -0.2) is 26.9 Å². The number of rotatable bonds is 6. The van der Waals surface area contributed by atoms with E-state index in [4.69, 9.17) is 0 Å². The van der Waals surface area contributed by atoms with Crippen molar-refractivity contribution in [3.05, 3.63) is 59.7 Å². The van der Waals surface area contributed by atoms with Crippen LogP contribution in [0.1, 0.15) is 49.7 Å². The molecule has 9 heteroatoms. The van der Waals surface area contributed by atoms with Gasteiger partial charge in [-0.05, 0) is 60.7 Å². The second kappa shape index (κ2) is 10.1. The third-order valence-electron chi connectivity index (χ3n) is 6.97. The van der Waals surface area contributed by atoms with E-state index in [1.807, 2.05) is 0 Å². The Morgan fingerprint density at radius 1 is 0.971 bits per heavy atom. The van der Waals surface area contributed by atoms with Crippen molar-refractivity contribution in [2.75, 3.05) is 6.54 Å². The number of nitrogens with one attached hydrogen (secondary N) is 2. The van der Waals surface area contributed by atoms with Crippen LogP contribution in [0.3, 0.4) is 0 Å². The maximum absolute atomic E-state index is 13.0. The van der Waals surface area contributed by atoms with Gasteiger partial charge in [-0.25, -0.2) is 8.42 Å². The van der Waals surface area contributed by atoms with Crippen molar-refractivity contribution in [3.63, 3.8) is 0 Å². The Bertz CT molecular complexity index is 1110. The topological polar surface area (TPSA) is 75.3 Å². The van der Waals surface area contributed by atoms with Gasteiger partial charge in [0.1, 0.15) is 0 Å². The number of benzene rings is 2. The van der Waals surface area contributed by atoms with E-state index in [9.17, 15) is 26.4 Å². The fourth-order valence-corrected chi connectivity index (χ4v) is 6.31. The predicted molar refractivity (Wildman–Crippen MR) is 122 cm³/mol. The number of carbonyl (C=O) groups is 1. The molecule has 1 aliphatic carbocycles. The third-order valence-corrected chi connectivity index (χ3v) is 8.74. The molecule has 34 heavy (non-hydrogen) atoms. The summed E-state index contributed by atoms with van der Waals surface area (Å²) in [5, 5.41) is 6.23. The van der Waals surface area contributed by atoms with E-state index >= 15 is 0 Å². The number of hydrogen-bond donors (Lipinski definition) is 2. The molecule has 2 aliphatic rings. The number of hydrogen-bond acceptors (Lipinski definition) is 4. The van der Waals surface area contributed by atoms with Crippen LogP contribution in [0.2, 0.25) is 0 Å². The van der Waals surface area contributed by atoms with Crippen LogP contribution in [0.15, 0.2) is 58.3 Å². The molecule has 1 saturated heterocycles. The summed E-state index contributed by atoms with van der Waals surface area (Å²) < 4.78 is 64.4. The molecule has 2 fully saturated rings. The van der Waals surface area contributed by atoms with Crippen molar-refractivity contribution in [1.29, 1.82) is 0 Å². The molecule has 2 unspecified atom stereocenters. The highest BCUT2D eigenvalue weighted by Crippen LogP contribution is 2.34. The van der Waals surface area contributed by atoms with Crippen LogP contribution in [0.4, 0.5) is 13.2 Å². The first-order valence-corrected chi connectivity index (χ1v) is 13.2. The van der Waals surface area contributed by atoms with Crippen molar-refractivity contribution < 1.29 is 26.4 Å². The smallest absolute Gasteiger partial charge is 0.351 e. The van der Waals surface area contributed by atoms with E-state index in [1.165, 1.54) is 44.2 Å². The Kier molecular flexibility index (Phi) is 7.33. The molecule has 1 amide bonds. The quantitative estimate of drug-likeness (QED) is 0.610. The van der Waals surface area contributed by atoms with E-state index < -0.39 is 26.5 Å². The largest absolute Gasteiger partial charge is 0.416 e. The van der Waals surface area contributed by atoms with Gasteiger partial charge in [-0.15, -0.1) is 0 Å². The molecule has 5 nitrogen and oxygen atoms in total. The predicted octanol–water partition coefficient (Wildman–Crippen LogP) is 4.71. The maximum atomic E-state index is 13.0. The second-order valence-corrected chi connectivity index (χ2v) is 11.2. The minimum atomic E-state index is -4.63. The van der Waals surface area contributed by atoms with E-state index in [0.717, 1.165) is 31.2 Å². The summed E-state index contributed by atoms with van der Waals surface area (Å²) in [6.45, 7) is 1.11. The molecule has 0 spiro atoms. The lowest BCUT2D eigenvalue weighted by atomic mass is 9.79. The molecule has 0 aromatic heterocycles. The Labute approximate surface area is 198 Å². The van der Waals surface area contributed by atoms with E-state index in [1.54, 1.807) is 12.1 Å². The summed E-state index contributed by atoms with van der Waals surface area (Å²) in [5.74, 6) is 1.17. The zero-order chi connectivity index (χ0) is 24.3. The minimum Gasteiger partial charge on any atom is -0.351 e. The Hall–Kier alpha value is -2.39. The second-order valence-electron chi connectivity index (χ2n) is 9.25. The molecule has 0 radical (unpaired) electrons. The van der Waals surface area contributed by atoms with Gasteiger partial charge in [0.25, 0.3) is 0 Å². The Morgan fingerprint density at radius 2 is 1.68 bits per heavy atom. The van der Waals surface area contributed by atoms with Crippen LogP contribution >= 0.6 is 0 Å². The summed E-state index contributed by atoms with van der Waals surface area (Å²) in [7, 11) is -4.10.